The maximum atomic E-state index is 13.2. The molecule has 0 spiro atoms. The van der Waals surface area contributed by atoms with Gasteiger partial charge in [-0.2, -0.15) is 0 Å². The quantitative estimate of drug-likeness (QED) is 0.0905. The van der Waals surface area contributed by atoms with Gasteiger partial charge in [0.15, 0.2) is 16.9 Å². The van der Waals surface area contributed by atoms with E-state index in [1.54, 1.807) is 48.5 Å². The molecule has 1 unspecified atom stereocenters. The first-order valence-corrected chi connectivity index (χ1v) is 13.9. The van der Waals surface area contributed by atoms with Gasteiger partial charge in [0.05, 0.1) is 20.1 Å². The highest BCUT2D eigenvalue weighted by Gasteiger charge is 2.31. The largest absolute Gasteiger partial charge is 0.504 e. The molecule has 1 heterocycles. The number of carbonyl (C=O) groups is 1. The summed E-state index contributed by atoms with van der Waals surface area (Å²) >= 11 is 0. The molecule has 0 saturated heterocycles. The van der Waals surface area contributed by atoms with Crippen molar-refractivity contribution in [3.63, 3.8) is 0 Å². The standard InChI is InChI=1S/C33H36O8/c1-3-4-5-6-7-11-18-40-23-16-14-21(15-17-23)24(19-27(35)39-2)28-30(36)32(38)31(37)29-25(34)20-26(41-33(28)29)22-12-9-8-10-13-22/h8-10,12-17,20,24,36-38H,3-7,11,18-19H2,1-2H3. The maximum absolute atomic E-state index is 13.2. The summed E-state index contributed by atoms with van der Waals surface area (Å²) in [4.78, 5) is 25.7. The SMILES string of the molecule is CCCCCCCCOc1ccc(C(CC(=O)OC)c2c(O)c(O)c(O)c3c(=O)cc(-c4ccccc4)oc23)cc1. The Morgan fingerprint density at radius 2 is 1.56 bits per heavy atom. The molecular formula is C33H36O8. The second-order valence-corrected chi connectivity index (χ2v) is 10.0. The van der Waals surface area contributed by atoms with Crippen LogP contribution < -0.4 is 10.2 Å². The normalized spacial score (nSPS) is 11.9. The summed E-state index contributed by atoms with van der Waals surface area (Å²) in [6, 6.07) is 17.1. The first kappa shape index (κ1) is 29.5. The topological polar surface area (TPSA) is 126 Å². The van der Waals surface area contributed by atoms with Crippen LogP contribution >= 0.6 is 0 Å². The fourth-order valence-corrected chi connectivity index (χ4v) is 4.95. The number of unbranched alkanes of at least 4 members (excludes halogenated alkanes) is 5. The van der Waals surface area contributed by atoms with Crippen LogP contribution in [0.2, 0.25) is 0 Å². The van der Waals surface area contributed by atoms with Crippen LogP contribution in [0.3, 0.4) is 0 Å². The van der Waals surface area contributed by atoms with Gasteiger partial charge in [-0.1, -0.05) is 81.5 Å². The minimum absolute atomic E-state index is 0.0173. The van der Waals surface area contributed by atoms with E-state index in [-0.39, 0.29) is 28.7 Å². The summed E-state index contributed by atoms with van der Waals surface area (Å²) in [5.74, 6) is -2.99. The maximum Gasteiger partial charge on any atom is 0.306 e. The summed E-state index contributed by atoms with van der Waals surface area (Å²) in [5.41, 5.74) is 0.407. The Balaban J connectivity index is 1.74. The zero-order valence-corrected chi connectivity index (χ0v) is 23.4. The Hall–Kier alpha value is -4.46. The molecule has 1 atom stereocenters. The Morgan fingerprint density at radius 3 is 2.24 bits per heavy atom. The van der Waals surface area contributed by atoms with Crippen molar-refractivity contribution in [3.05, 3.63) is 82.0 Å². The number of methoxy groups -OCH3 is 1. The number of fused-ring (bicyclic) bond motifs is 1. The molecular weight excluding hydrogens is 524 g/mol. The number of phenolic OH excluding ortho intramolecular Hbond substituents is 3. The van der Waals surface area contributed by atoms with Crippen molar-refractivity contribution < 1.29 is 34.0 Å². The van der Waals surface area contributed by atoms with Gasteiger partial charge in [-0.15, -0.1) is 0 Å². The van der Waals surface area contributed by atoms with Gasteiger partial charge in [-0.3, -0.25) is 9.59 Å². The Morgan fingerprint density at radius 1 is 0.878 bits per heavy atom. The molecule has 0 bridgehead atoms. The molecule has 3 N–H and O–H groups in total. The van der Waals surface area contributed by atoms with Crippen LogP contribution in [0.4, 0.5) is 0 Å². The van der Waals surface area contributed by atoms with E-state index in [1.165, 1.54) is 38.9 Å². The lowest BCUT2D eigenvalue weighted by Gasteiger charge is -2.21. The molecule has 0 aliphatic carbocycles. The monoisotopic (exact) mass is 560 g/mol. The van der Waals surface area contributed by atoms with Crippen LogP contribution in [0.15, 0.2) is 69.9 Å². The molecule has 0 aliphatic heterocycles. The average molecular weight is 561 g/mol. The van der Waals surface area contributed by atoms with Gasteiger partial charge < -0.3 is 29.2 Å². The van der Waals surface area contributed by atoms with Gasteiger partial charge in [-0.05, 0) is 24.1 Å². The minimum atomic E-state index is -0.891. The van der Waals surface area contributed by atoms with Crippen LogP contribution in [-0.4, -0.2) is 35.0 Å². The fraction of sp³-hybridized carbons (Fsp3) is 0.333. The number of hydrogen-bond acceptors (Lipinski definition) is 8. The lowest BCUT2D eigenvalue weighted by molar-refractivity contribution is -0.140. The van der Waals surface area contributed by atoms with Gasteiger partial charge in [0.25, 0.3) is 0 Å². The Bertz CT molecular complexity index is 1520. The van der Waals surface area contributed by atoms with E-state index in [0.717, 1.165) is 12.8 Å². The number of hydrogen-bond donors (Lipinski definition) is 3. The molecule has 0 saturated carbocycles. The molecule has 0 aliphatic rings. The predicted molar refractivity (Wildman–Crippen MR) is 157 cm³/mol. The predicted octanol–water partition coefficient (Wildman–Crippen LogP) is 7.01. The van der Waals surface area contributed by atoms with E-state index < -0.39 is 34.6 Å². The lowest BCUT2D eigenvalue weighted by atomic mass is 9.86. The third-order valence-electron chi connectivity index (χ3n) is 7.19. The first-order valence-electron chi connectivity index (χ1n) is 13.9. The van der Waals surface area contributed by atoms with Crippen molar-refractivity contribution in [3.8, 4) is 34.3 Å². The third kappa shape index (κ3) is 6.82. The summed E-state index contributed by atoms with van der Waals surface area (Å²) in [7, 11) is 1.25. The molecule has 1 aromatic heterocycles. The van der Waals surface area contributed by atoms with Crippen LogP contribution in [0.25, 0.3) is 22.3 Å². The smallest absolute Gasteiger partial charge is 0.306 e. The van der Waals surface area contributed by atoms with Crippen LogP contribution in [0.1, 0.15) is 68.9 Å². The summed E-state index contributed by atoms with van der Waals surface area (Å²) < 4.78 is 16.9. The minimum Gasteiger partial charge on any atom is -0.504 e. The molecule has 8 heteroatoms. The van der Waals surface area contributed by atoms with Crippen molar-refractivity contribution in [1.29, 1.82) is 0 Å². The van der Waals surface area contributed by atoms with E-state index in [4.69, 9.17) is 13.9 Å². The zero-order valence-electron chi connectivity index (χ0n) is 23.4. The summed E-state index contributed by atoms with van der Waals surface area (Å²) in [6.07, 6.45) is 6.68. The van der Waals surface area contributed by atoms with Crippen molar-refractivity contribution in [2.24, 2.45) is 0 Å². The van der Waals surface area contributed by atoms with Crippen molar-refractivity contribution in [2.75, 3.05) is 13.7 Å². The second kappa shape index (κ2) is 13.7. The molecule has 41 heavy (non-hydrogen) atoms. The molecule has 216 valence electrons. The summed E-state index contributed by atoms with van der Waals surface area (Å²) in [6.45, 7) is 2.77. The number of rotatable bonds is 13. The molecule has 8 nitrogen and oxygen atoms in total. The molecule has 3 aromatic carbocycles. The van der Waals surface area contributed by atoms with Gasteiger partial charge in [0, 0.05) is 23.1 Å². The number of ether oxygens (including phenoxy) is 2. The lowest BCUT2D eigenvalue weighted by Crippen LogP contribution is -2.12. The van der Waals surface area contributed by atoms with Crippen LogP contribution in [0, 0.1) is 0 Å². The number of phenols is 3. The van der Waals surface area contributed by atoms with E-state index in [9.17, 15) is 24.9 Å². The van der Waals surface area contributed by atoms with E-state index in [0.29, 0.717) is 23.5 Å². The molecule has 0 radical (unpaired) electrons. The zero-order chi connectivity index (χ0) is 29.4. The highest BCUT2D eigenvalue weighted by molar-refractivity contribution is 5.93. The Labute approximate surface area is 238 Å². The van der Waals surface area contributed by atoms with Crippen molar-refractivity contribution in [1.82, 2.24) is 0 Å². The number of aromatic hydroxyl groups is 3. The highest BCUT2D eigenvalue weighted by atomic mass is 16.5. The van der Waals surface area contributed by atoms with Gasteiger partial charge in [-0.25, -0.2) is 0 Å². The average Bonchev–Trinajstić information content (AvgIpc) is 2.99. The molecule has 0 amide bonds. The molecule has 4 aromatic rings. The summed E-state index contributed by atoms with van der Waals surface area (Å²) in [5, 5.41) is 32.0. The second-order valence-electron chi connectivity index (χ2n) is 10.0. The van der Waals surface area contributed by atoms with E-state index in [1.807, 2.05) is 6.07 Å². The Kier molecular flexibility index (Phi) is 9.90. The van der Waals surface area contributed by atoms with Crippen molar-refractivity contribution in [2.45, 2.75) is 57.8 Å². The van der Waals surface area contributed by atoms with Gasteiger partial charge in [0.1, 0.15) is 22.5 Å². The van der Waals surface area contributed by atoms with Crippen LogP contribution in [-0.2, 0) is 9.53 Å². The van der Waals surface area contributed by atoms with E-state index in [2.05, 4.69) is 6.92 Å². The first-order chi connectivity index (χ1) is 19.8. The molecule has 4 rings (SSSR count). The fourth-order valence-electron chi connectivity index (χ4n) is 4.95. The van der Waals surface area contributed by atoms with E-state index >= 15 is 0 Å². The van der Waals surface area contributed by atoms with Gasteiger partial charge in [0.2, 0.25) is 5.75 Å². The molecule has 0 fully saturated rings. The van der Waals surface area contributed by atoms with Gasteiger partial charge >= 0.3 is 5.97 Å². The third-order valence-corrected chi connectivity index (χ3v) is 7.19. The van der Waals surface area contributed by atoms with Crippen LogP contribution in [0.5, 0.6) is 23.0 Å². The van der Waals surface area contributed by atoms with Crippen molar-refractivity contribution >= 4 is 16.9 Å². The number of carbonyl (C=O) groups excluding carboxylic acids is 1. The number of esters is 1. The highest BCUT2D eigenvalue weighted by Crippen LogP contribution is 2.49. The number of benzene rings is 3.